The Morgan fingerprint density at radius 2 is 0.468 bits per heavy atom. The molecule has 15 heteroatoms. The van der Waals surface area contributed by atoms with Crippen molar-refractivity contribution in [3.8, 4) is 0 Å². The van der Waals surface area contributed by atoms with Crippen molar-refractivity contribution in [1.29, 1.82) is 0 Å². The van der Waals surface area contributed by atoms with Gasteiger partial charge in [-0.3, -0.25) is 0 Å². The monoisotopic (exact) mass is 1040 g/mol. The zero-order valence-electron chi connectivity index (χ0n) is 24.5. The Labute approximate surface area is 308 Å². The van der Waals surface area contributed by atoms with Gasteiger partial charge >= 0.3 is 23.9 Å². The van der Waals surface area contributed by atoms with Crippen LogP contribution in [0.1, 0.15) is 46.7 Å². The number of hydrogen-bond donors (Lipinski definition) is 8. The molecule has 6 radical (unpaired) electrons. The van der Waals surface area contributed by atoms with Gasteiger partial charge in [0.25, 0.3) is 0 Å². The van der Waals surface area contributed by atoms with Gasteiger partial charge in [0.05, 0.1) is 0 Å². The van der Waals surface area contributed by atoms with Crippen LogP contribution in [0.15, 0.2) is 121 Å². The molecular formula is C32H34Bi2O13. The standard InChI is InChI=1S/4C8H8O3.2Bi.H2O/c4*9-7(8(10)11)6-4-2-1-3-5-6;;;/h4*1-5,7,9H,(H,10,11);;;1H2/t4*7-;;;/m0000.../s1. The summed E-state index contributed by atoms with van der Waals surface area (Å²) in [5.74, 6) is -4.90. The molecule has 0 saturated carbocycles. The van der Waals surface area contributed by atoms with Crippen molar-refractivity contribution in [3.05, 3.63) is 144 Å². The van der Waals surface area contributed by atoms with Crippen LogP contribution in [-0.4, -0.2) is 123 Å². The summed E-state index contributed by atoms with van der Waals surface area (Å²) in [6.45, 7) is 0. The van der Waals surface area contributed by atoms with Gasteiger partial charge in [-0.15, -0.1) is 0 Å². The Morgan fingerprint density at radius 1 is 0.340 bits per heavy atom. The van der Waals surface area contributed by atoms with Gasteiger partial charge in [0.15, 0.2) is 24.4 Å². The molecule has 0 spiro atoms. The van der Waals surface area contributed by atoms with Crippen molar-refractivity contribution < 1.29 is 65.5 Å². The molecule has 0 bridgehead atoms. The van der Waals surface area contributed by atoms with Gasteiger partial charge in [0.2, 0.25) is 0 Å². The zero-order chi connectivity index (χ0) is 33.1. The molecule has 250 valence electrons. The third-order valence-electron chi connectivity index (χ3n) is 5.40. The molecule has 4 aromatic rings. The number of benzene rings is 4. The maximum absolute atomic E-state index is 10.2. The second-order valence-electron chi connectivity index (χ2n) is 8.61. The Hall–Kier alpha value is -3.67. The predicted molar refractivity (Wildman–Crippen MR) is 171 cm³/mol. The van der Waals surface area contributed by atoms with Gasteiger partial charge in [-0.1, -0.05) is 121 Å². The SMILES string of the molecule is O.O=C(O)[C@@H](O)c1ccccc1.O=C(O)[C@@H](O)c1ccccc1.O=C(O)[C@@H](O)c1ccccc1.O=C(O)[C@@H](O)c1ccccc1.[Bi].[Bi]. The van der Waals surface area contributed by atoms with E-state index in [1.54, 1.807) is 121 Å². The van der Waals surface area contributed by atoms with E-state index in [-0.39, 0.29) is 57.9 Å². The van der Waals surface area contributed by atoms with Crippen molar-refractivity contribution in [3.63, 3.8) is 0 Å². The van der Waals surface area contributed by atoms with Crippen LogP contribution in [0.25, 0.3) is 0 Å². The van der Waals surface area contributed by atoms with E-state index in [4.69, 9.17) is 40.9 Å². The summed E-state index contributed by atoms with van der Waals surface area (Å²) in [6, 6.07) is 33.1. The van der Waals surface area contributed by atoms with Crippen LogP contribution in [0.5, 0.6) is 0 Å². The minimum atomic E-state index is -1.41. The van der Waals surface area contributed by atoms with E-state index < -0.39 is 48.3 Å². The summed E-state index contributed by atoms with van der Waals surface area (Å²) >= 11 is 0. The maximum Gasteiger partial charge on any atom is 0.337 e. The van der Waals surface area contributed by atoms with Crippen LogP contribution in [-0.2, 0) is 19.2 Å². The van der Waals surface area contributed by atoms with Crippen LogP contribution in [0.3, 0.4) is 0 Å². The molecule has 0 aliphatic rings. The molecular weight excluding hydrogens is 1010 g/mol. The van der Waals surface area contributed by atoms with Gasteiger partial charge in [0, 0.05) is 52.4 Å². The van der Waals surface area contributed by atoms with Crippen molar-refractivity contribution in [1.82, 2.24) is 0 Å². The van der Waals surface area contributed by atoms with Crippen LogP contribution in [0, 0.1) is 0 Å². The molecule has 0 heterocycles. The van der Waals surface area contributed by atoms with E-state index in [1.807, 2.05) is 0 Å². The first-order valence-corrected chi connectivity index (χ1v) is 12.7. The van der Waals surface area contributed by atoms with Crippen LogP contribution >= 0.6 is 0 Å². The minimum absolute atomic E-state index is 0. The van der Waals surface area contributed by atoms with Crippen LogP contribution < -0.4 is 0 Å². The predicted octanol–water partition coefficient (Wildman–Crippen LogP) is 1.63. The Bertz CT molecular complexity index is 1210. The van der Waals surface area contributed by atoms with Crippen LogP contribution in [0.4, 0.5) is 0 Å². The van der Waals surface area contributed by atoms with E-state index in [1.165, 1.54) is 0 Å². The number of carbonyl (C=O) groups is 4. The van der Waals surface area contributed by atoms with Gasteiger partial charge < -0.3 is 46.3 Å². The molecule has 0 aliphatic carbocycles. The molecule has 0 aromatic heterocycles. The summed E-state index contributed by atoms with van der Waals surface area (Å²) < 4.78 is 0. The molecule has 13 nitrogen and oxygen atoms in total. The third kappa shape index (κ3) is 18.9. The number of aliphatic hydroxyl groups excluding tert-OH is 4. The second-order valence-corrected chi connectivity index (χ2v) is 8.61. The zero-order valence-corrected chi connectivity index (χ0v) is 31.4. The number of aliphatic hydroxyl groups is 4. The summed E-state index contributed by atoms with van der Waals surface area (Å²) in [4.78, 5) is 41.0. The second kappa shape index (κ2) is 26.4. The largest absolute Gasteiger partial charge is 0.479 e. The molecule has 10 N–H and O–H groups in total. The molecule has 0 unspecified atom stereocenters. The fourth-order valence-electron chi connectivity index (χ4n) is 3.11. The van der Waals surface area contributed by atoms with Crippen LogP contribution in [0.2, 0.25) is 0 Å². The first-order valence-electron chi connectivity index (χ1n) is 12.7. The topological polar surface area (TPSA) is 262 Å². The summed E-state index contributed by atoms with van der Waals surface area (Å²) in [6.07, 6.45) is -5.63. The van der Waals surface area contributed by atoms with Crippen molar-refractivity contribution in [2.75, 3.05) is 0 Å². The molecule has 0 amide bonds. The average molecular weight is 1040 g/mol. The van der Waals surface area contributed by atoms with Crippen molar-refractivity contribution in [2.45, 2.75) is 24.4 Å². The molecule has 0 aliphatic heterocycles. The molecule has 4 rings (SSSR count). The molecule has 4 atom stereocenters. The Balaban J connectivity index is -0.000000538. The first-order chi connectivity index (χ1) is 20.9. The van der Waals surface area contributed by atoms with Crippen molar-refractivity contribution >= 4 is 76.3 Å². The summed E-state index contributed by atoms with van der Waals surface area (Å²) in [7, 11) is 0. The third-order valence-corrected chi connectivity index (χ3v) is 5.40. The normalized spacial score (nSPS) is 11.7. The number of aliphatic carboxylic acids is 4. The number of rotatable bonds is 8. The van der Waals surface area contributed by atoms with Crippen molar-refractivity contribution in [2.24, 2.45) is 0 Å². The first kappa shape index (κ1) is 47.7. The summed E-state index contributed by atoms with van der Waals surface area (Å²) in [5.41, 5.74) is 1.61. The van der Waals surface area contributed by atoms with E-state index in [9.17, 15) is 19.2 Å². The average Bonchev–Trinajstić information content (AvgIpc) is 3.05. The molecule has 47 heavy (non-hydrogen) atoms. The summed E-state index contributed by atoms with van der Waals surface area (Å²) in [5, 5.41) is 69.5. The maximum atomic E-state index is 10.2. The Morgan fingerprint density at radius 3 is 0.574 bits per heavy atom. The quantitative estimate of drug-likeness (QED) is 0.117. The van der Waals surface area contributed by atoms with Gasteiger partial charge in [-0.05, 0) is 22.3 Å². The Kier molecular flexibility index (Phi) is 26.8. The van der Waals surface area contributed by atoms with E-state index in [2.05, 4.69) is 0 Å². The molecule has 0 fully saturated rings. The van der Waals surface area contributed by atoms with E-state index >= 15 is 0 Å². The number of carboxylic acids is 4. The fourth-order valence-corrected chi connectivity index (χ4v) is 3.11. The number of carboxylic acid groups (broad SMARTS) is 4. The minimum Gasteiger partial charge on any atom is -0.479 e. The number of hydrogen-bond acceptors (Lipinski definition) is 8. The van der Waals surface area contributed by atoms with E-state index in [0.717, 1.165) is 0 Å². The fraction of sp³-hybridized carbons (Fsp3) is 0.125. The van der Waals surface area contributed by atoms with E-state index in [0.29, 0.717) is 22.3 Å². The smallest absolute Gasteiger partial charge is 0.337 e. The molecule has 4 aromatic carbocycles. The molecule has 0 saturated heterocycles. The van der Waals surface area contributed by atoms with Gasteiger partial charge in [0.1, 0.15) is 0 Å². The van der Waals surface area contributed by atoms with Gasteiger partial charge in [-0.25, -0.2) is 19.2 Å². The van der Waals surface area contributed by atoms with Gasteiger partial charge in [-0.2, -0.15) is 0 Å².